The van der Waals surface area contributed by atoms with Gasteiger partial charge in [0.1, 0.15) is 6.04 Å². The highest BCUT2D eigenvalue weighted by atomic mass is 35.5. The first-order valence-corrected chi connectivity index (χ1v) is 9.92. The van der Waals surface area contributed by atoms with Gasteiger partial charge in [0.25, 0.3) is 0 Å². The molecule has 0 aliphatic carbocycles. The molecule has 1 saturated heterocycles. The van der Waals surface area contributed by atoms with Gasteiger partial charge in [0.15, 0.2) is 0 Å². The Morgan fingerprint density at radius 2 is 1.96 bits per heavy atom. The fraction of sp³-hybridized carbons (Fsp3) is 0.450. The maximum absolute atomic E-state index is 12.5. The highest BCUT2D eigenvalue weighted by Gasteiger charge is 2.32. The summed E-state index contributed by atoms with van der Waals surface area (Å²) in [6.07, 6.45) is 4.55. The molecule has 2 rings (SSSR count). The number of ether oxygens (including phenoxy) is 1. The van der Waals surface area contributed by atoms with Crippen molar-refractivity contribution in [2.24, 2.45) is 0 Å². The number of halogens is 2. The average molecular weight is 427 g/mol. The number of benzene rings is 1. The molecular weight excluding hydrogens is 403 g/mol. The van der Waals surface area contributed by atoms with Crippen LogP contribution in [0.15, 0.2) is 24.3 Å². The standard InChI is InChI=1S/C20H24Cl2N2O4/c1-3-4-17(20(27)28-2)24-12-11-23(10-9-19(24)26)18(25)8-6-14-5-7-15(21)16(22)13-14/h5-8,13,17H,3-4,9-12H2,1-2H3. The first-order valence-electron chi connectivity index (χ1n) is 9.16. The maximum Gasteiger partial charge on any atom is 0.328 e. The van der Waals surface area contributed by atoms with Gasteiger partial charge < -0.3 is 14.5 Å². The third-order valence-corrected chi connectivity index (χ3v) is 5.35. The Balaban J connectivity index is 2.05. The molecule has 6 nitrogen and oxygen atoms in total. The van der Waals surface area contributed by atoms with E-state index >= 15 is 0 Å². The van der Waals surface area contributed by atoms with Crippen molar-refractivity contribution in [3.05, 3.63) is 39.9 Å². The van der Waals surface area contributed by atoms with Crippen LogP contribution in [0.3, 0.4) is 0 Å². The summed E-state index contributed by atoms with van der Waals surface area (Å²) in [4.78, 5) is 40.2. The van der Waals surface area contributed by atoms with Crippen molar-refractivity contribution >= 4 is 47.1 Å². The SMILES string of the molecule is CCCC(C(=O)OC)N1CCN(C(=O)C=Cc2ccc(Cl)c(Cl)c2)CCC1=O. The molecular formula is C20H24Cl2N2O4. The number of hydrogen-bond donors (Lipinski definition) is 0. The Kier molecular flexibility index (Phi) is 8.33. The largest absolute Gasteiger partial charge is 0.467 e. The minimum Gasteiger partial charge on any atom is -0.467 e. The predicted octanol–water partition coefficient (Wildman–Crippen LogP) is 3.41. The van der Waals surface area contributed by atoms with Crippen molar-refractivity contribution in [2.45, 2.75) is 32.2 Å². The van der Waals surface area contributed by atoms with E-state index in [0.29, 0.717) is 36.1 Å². The quantitative estimate of drug-likeness (QED) is 0.516. The molecule has 0 radical (unpaired) electrons. The van der Waals surface area contributed by atoms with Gasteiger partial charge in [0.05, 0.1) is 17.2 Å². The highest BCUT2D eigenvalue weighted by Crippen LogP contribution is 2.23. The average Bonchev–Trinajstić information content (AvgIpc) is 2.88. The summed E-state index contributed by atoms with van der Waals surface area (Å²) in [6, 6.07) is 4.49. The molecule has 1 aliphatic heterocycles. The molecule has 2 amide bonds. The second-order valence-corrected chi connectivity index (χ2v) is 7.31. The molecule has 152 valence electrons. The number of hydrogen-bond acceptors (Lipinski definition) is 4. The van der Waals surface area contributed by atoms with Gasteiger partial charge in [-0.3, -0.25) is 9.59 Å². The monoisotopic (exact) mass is 426 g/mol. The van der Waals surface area contributed by atoms with Crippen molar-refractivity contribution in [1.82, 2.24) is 9.80 Å². The molecule has 1 fully saturated rings. The Bertz CT molecular complexity index is 767. The molecule has 0 aromatic heterocycles. The van der Waals surface area contributed by atoms with Gasteiger partial charge in [-0.25, -0.2) is 4.79 Å². The highest BCUT2D eigenvalue weighted by molar-refractivity contribution is 6.42. The minimum absolute atomic E-state index is 0.146. The summed E-state index contributed by atoms with van der Waals surface area (Å²) < 4.78 is 4.84. The topological polar surface area (TPSA) is 66.9 Å². The summed E-state index contributed by atoms with van der Waals surface area (Å²) in [7, 11) is 1.32. The number of carbonyl (C=O) groups is 3. The van der Waals surface area contributed by atoms with E-state index in [0.717, 1.165) is 12.0 Å². The van der Waals surface area contributed by atoms with Crippen LogP contribution < -0.4 is 0 Å². The molecule has 8 heteroatoms. The summed E-state index contributed by atoms with van der Waals surface area (Å²) in [5, 5.41) is 0.862. The Hall–Kier alpha value is -2.05. The van der Waals surface area contributed by atoms with Crippen LogP contribution in [0.1, 0.15) is 31.7 Å². The van der Waals surface area contributed by atoms with E-state index in [1.54, 1.807) is 29.2 Å². The lowest BCUT2D eigenvalue weighted by atomic mass is 10.1. The van der Waals surface area contributed by atoms with Crippen LogP contribution in [0.2, 0.25) is 10.0 Å². The third-order valence-electron chi connectivity index (χ3n) is 4.61. The minimum atomic E-state index is -0.607. The fourth-order valence-electron chi connectivity index (χ4n) is 3.09. The van der Waals surface area contributed by atoms with Crippen LogP contribution in [0.5, 0.6) is 0 Å². The van der Waals surface area contributed by atoms with Crippen molar-refractivity contribution < 1.29 is 19.1 Å². The number of rotatable bonds is 6. The summed E-state index contributed by atoms with van der Waals surface area (Å²) in [5.74, 6) is -0.770. The molecule has 0 spiro atoms. The summed E-state index contributed by atoms with van der Waals surface area (Å²) >= 11 is 11.9. The van der Waals surface area contributed by atoms with E-state index in [1.807, 2.05) is 6.92 Å². The van der Waals surface area contributed by atoms with E-state index in [2.05, 4.69) is 0 Å². The molecule has 1 heterocycles. The number of methoxy groups -OCH3 is 1. The van der Waals surface area contributed by atoms with Gasteiger partial charge >= 0.3 is 5.97 Å². The molecule has 1 aliphatic rings. The predicted molar refractivity (Wildman–Crippen MR) is 109 cm³/mol. The van der Waals surface area contributed by atoms with Crippen molar-refractivity contribution in [1.29, 1.82) is 0 Å². The van der Waals surface area contributed by atoms with Gasteiger partial charge in [-0.2, -0.15) is 0 Å². The van der Waals surface area contributed by atoms with E-state index in [9.17, 15) is 14.4 Å². The number of nitrogens with zero attached hydrogens (tertiary/aromatic N) is 2. The zero-order valence-electron chi connectivity index (χ0n) is 16.0. The Labute approximate surface area is 175 Å². The van der Waals surface area contributed by atoms with Gasteiger partial charge in [0, 0.05) is 32.1 Å². The van der Waals surface area contributed by atoms with E-state index < -0.39 is 12.0 Å². The Morgan fingerprint density at radius 1 is 1.21 bits per heavy atom. The first-order chi connectivity index (χ1) is 13.4. The number of esters is 1. The zero-order valence-corrected chi connectivity index (χ0v) is 17.5. The first kappa shape index (κ1) is 22.2. The molecule has 28 heavy (non-hydrogen) atoms. The van der Waals surface area contributed by atoms with Crippen molar-refractivity contribution in [3.63, 3.8) is 0 Å². The molecule has 1 atom stereocenters. The van der Waals surface area contributed by atoms with Crippen LogP contribution in [0, 0.1) is 0 Å². The van der Waals surface area contributed by atoms with Gasteiger partial charge in [0.2, 0.25) is 11.8 Å². The molecule has 1 unspecified atom stereocenters. The molecule has 0 bridgehead atoms. The molecule has 0 saturated carbocycles. The maximum atomic E-state index is 12.5. The lowest BCUT2D eigenvalue weighted by Crippen LogP contribution is -2.46. The lowest BCUT2D eigenvalue weighted by molar-refractivity contribution is -0.152. The van der Waals surface area contributed by atoms with E-state index in [1.165, 1.54) is 18.1 Å². The van der Waals surface area contributed by atoms with Crippen molar-refractivity contribution in [3.8, 4) is 0 Å². The van der Waals surface area contributed by atoms with Gasteiger partial charge in [-0.1, -0.05) is 42.6 Å². The normalized spacial score (nSPS) is 16.2. The fourth-order valence-corrected chi connectivity index (χ4v) is 3.40. The van der Waals surface area contributed by atoms with E-state index in [4.69, 9.17) is 27.9 Å². The second kappa shape index (κ2) is 10.5. The summed E-state index contributed by atoms with van der Waals surface area (Å²) in [5.41, 5.74) is 0.754. The van der Waals surface area contributed by atoms with Crippen molar-refractivity contribution in [2.75, 3.05) is 26.7 Å². The zero-order chi connectivity index (χ0) is 20.7. The lowest BCUT2D eigenvalue weighted by Gasteiger charge is -2.28. The molecule has 1 aromatic carbocycles. The number of amides is 2. The molecule has 1 aromatic rings. The van der Waals surface area contributed by atoms with Gasteiger partial charge in [-0.05, 0) is 30.2 Å². The molecule has 0 N–H and O–H groups in total. The number of carbonyl (C=O) groups excluding carboxylic acids is 3. The Morgan fingerprint density at radius 3 is 2.61 bits per heavy atom. The van der Waals surface area contributed by atoms with Crippen LogP contribution in [-0.2, 0) is 19.1 Å². The smallest absolute Gasteiger partial charge is 0.328 e. The van der Waals surface area contributed by atoms with Gasteiger partial charge in [-0.15, -0.1) is 0 Å². The van der Waals surface area contributed by atoms with Crippen LogP contribution >= 0.6 is 23.2 Å². The summed E-state index contributed by atoms with van der Waals surface area (Å²) in [6.45, 7) is 2.90. The van der Waals surface area contributed by atoms with Crippen LogP contribution in [-0.4, -0.2) is 60.4 Å². The van der Waals surface area contributed by atoms with Crippen LogP contribution in [0.25, 0.3) is 6.08 Å². The third kappa shape index (κ3) is 5.72. The van der Waals surface area contributed by atoms with E-state index in [-0.39, 0.29) is 18.2 Å². The second-order valence-electron chi connectivity index (χ2n) is 6.50. The van der Waals surface area contributed by atoms with Crippen LogP contribution in [0.4, 0.5) is 0 Å².